The molecular weight excluding hydrogens is 220 g/mol. The third-order valence-corrected chi connectivity index (χ3v) is 4.99. The number of likely N-dealkylation sites (tertiary alicyclic amines) is 1. The van der Waals surface area contributed by atoms with Crippen molar-refractivity contribution < 1.29 is 0 Å². The van der Waals surface area contributed by atoms with Crippen LogP contribution >= 0.6 is 0 Å². The van der Waals surface area contributed by atoms with Crippen LogP contribution in [0.15, 0.2) is 0 Å². The van der Waals surface area contributed by atoms with E-state index in [1.54, 1.807) is 0 Å². The zero-order chi connectivity index (χ0) is 13.8. The summed E-state index contributed by atoms with van der Waals surface area (Å²) in [4.78, 5) is 2.61. The summed E-state index contributed by atoms with van der Waals surface area (Å²) in [5.41, 5.74) is 6.95. The number of hydrogen-bond acceptors (Lipinski definition) is 2. The number of nitrogens with two attached hydrogens (primary N) is 1. The molecule has 1 rings (SSSR count). The van der Waals surface area contributed by atoms with Crippen LogP contribution in [0.3, 0.4) is 0 Å². The van der Waals surface area contributed by atoms with Crippen LogP contribution in [0.1, 0.15) is 66.7 Å². The second kappa shape index (κ2) is 6.38. The summed E-state index contributed by atoms with van der Waals surface area (Å²) in [6, 6.07) is 0. The van der Waals surface area contributed by atoms with E-state index in [2.05, 4.69) is 39.5 Å². The third kappa shape index (κ3) is 4.55. The quantitative estimate of drug-likeness (QED) is 0.829. The van der Waals surface area contributed by atoms with Gasteiger partial charge >= 0.3 is 0 Å². The van der Waals surface area contributed by atoms with Crippen molar-refractivity contribution in [3.05, 3.63) is 0 Å². The second-order valence-corrected chi connectivity index (χ2v) is 7.34. The average molecular weight is 254 g/mol. The highest BCUT2D eigenvalue weighted by Crippen LogP contribution is 2.34. The standard InChI is InChI=1S/C16H34N2/c1-6-16(17,7-2)13-18-11-8-9-14(10-12-18)15(3,4)5/h14H,6-13,17H2,1-5H3. The van der Waals surface area contributed by atoms with Crippen molar-refractivity contribution >= 4 is 0 Å². The molecule has 2 N–H and O–H groups in total. The number of hydrogen-bond donors (Lipinski definition) is 1. The SMILES string of the molecule is CCC(N)(CC)CN1CCCC(C(C)(C)C)CC1. The molecule has 1 saturated heterocycles. The molecule has 1 aliphatic rings. The van der Waals surface area contributed by atoms with Gasteiger partial charge in [-0.25, -0.2) is 0 Å². The molecule has 0 radical (unpaired) electrons. The summed E-state index contributed by atoms with van der Waals surface area (Å²) >= 11 is 0. The minimum atomic E-state index is 0.0293. The molecule has 1 fully saturated rings. The first-order valence-corrected chi connectivity index (χ1v) is 7.82. The normalized spacial score (nSPS) is 24.0. The van der Waals surface area contributed by atoms with Crippen LogP contribution < -0.4 is 5.73 Å². The third-order valence-electron chi connectivity index (χ3n) is 4.99. The second-order valence-electron chi connectivity index (χ2n) is 7.34. The molecule has 0 aromatic rings. The Morgan fingerprint density at radius 3 is 2.17 bits per heavy atom. The molecule has 1 aliphatic heterocycles. The summed E-state index contributed by atoms with van der Waals surface area (Å²) in [6.45, 7) is 15.2. The lowest BCUT2D eigenvalue weighted by Gasteiger charge is -2.34. The molecule has 0 aliphatic carbocycles. The van der Waals surface area contributed by atoms with Crippen molar-refractivity contribution in [2.45, 2.75) is 72.3 Å². The zero-order valence-corrected chi connectivity index (χ0v) is 13.3. The van der Waals surface area contributed by atoms with Crippen molar-refractivity contribution in [1.82, 2.24) is 4.90 Å². The summed E-state index contributed by atoms with van der Waals surface area (Å²) in [7, 11) is 0. The smallest absolute Gasteiger partial charge is 0.0278 e. The lowest BCUT2D eigenvalue weighted by atomic mass is 9.77. The molecule has 0 aromatic heterocycles. The Bertz CT molecular complexity index is 238. The van der Waals surface area contributed by atoms with Crippen molar-refractivity contribution in [3.8, 4) is 0 Å². The van der Waals surface area contributed by atoms with Gasteiger partial charge in [0.25, 0.3) is 0 Å². The molecule has 0 spiro atoms. The van der Waals surface area contributed by atoms with E-state index in [4.69, 9.17) is 5.73 Å². The number of nitrogens with zero attached hydrogens (tertiary/aromatic N) is 1. The van der Waals surface area contributed by atoms with Gasteiger partial charge in [-0.2, -0.15) is 0 Å². The van der Waals surface area contributed by atoms with Gasteiger partial charge in [0.2, 0.25) is 0 Å². The van der Waals surface area contributed by atoms with Crippen LogP contribution in [0.25, 0.3) is 0 Å². The predicted molar refractivity (Wildman–Crippen MR) is 80.7 cm³/mol. The molecule has 0 saturated carbocycles. The zero-order valence-electron chi connectivity index (χ0n) is 13.3. The fraction of sp³-hybridized carbons (Fsp3) is 1.00. The molecule has 0 bridgehead atoms. The molecule has 18 heavy (non-hydrogen) atoms. The van der Waals surface area contributed by atoms with Gasteiger partial charge in [0.15, 0.2) is 0 Å². The first-order chi connectivity index (χ1) is 8.30. The Hall–Kier alpha value is -0.0800. The lowest BCUT2D eigenvalue weighted by Crippen LogP contribution is -2.49. The van der Waals surface area contributed by atoms with Crippen molar-refractivity contribution in [2.75, 3.05) is 19.6 Å². The molecule has 1 heterocycles. The van der Waals surface area contributed by atoms with Crippen LogP contribution in [0.5, 0.6) is 0 Å². The van der Waals surface area contributed by atoms with Crippen LogP contribution in [-0.4, -0.2) is 30.1 Å². The van der Waals surface area contributed by atoms with E-state index < -0.39 is 0 Å². The maximum absolute atomic E-state index is 6.46. The van der Waals surface area contributed by atoms with Gasteiger partial charge < -0.3 is 10.6 Å². The Balaban J connectivity index is 2.52. The van der Waals surface area contributed by atoms with Gasteiger partial charge in [-0.1, -0.05) is 34.6 Å². The largest absolute Gasteiger partial charge is 0.324 e. The minimum absolute atomic E-state index is 0.0293. The van der Waals surface area contributed by atoms with Crippen molar-refractivity contribution in [2.24, 2.45) is 17.1 Å². The van der Waals surface area contributed by atoms with E-state index in [-0.39, 0.29) is 5.54 Å². The van der Waals surface area contributed by atoms with Gasteiger partial charge in [0, 0.05) is 12.1 Å². The number of rotatable bonds is 4. The highest BCUT2D eigenvalue weighted by molar-refractivity contribution is 4.87. The van der Waals surface area contributed by atoms with E-state index in [0.717, 1.165) is 25.3 Å². The van der Waals surface area contributed by atoms with Crippen LogP contribution in [0, 0.1) is 11.3 Å². The average Bonchev–Trinajstić information content (AvgIpc) is 2.54. The monoisotopic (exact) mass is 254 g/mol. The summed E-state index contributed by atoms with van der Waals surface area (Å²) in [5.74, 6) is 0.873. The Kier molecular flexibility index (Phi) is 5.67. The van der Waals surface area contributed by atoms with Gasteiger partial charge in [0.1, 0.15) is 0 Å². The Morgan fingerprint density at radius 2 is 1.67 bits per heavy atom. The maximum atomic E-state index is 6.46. The van der Waals surface area contributed by atoms with Gasteiger partial charge in [-0.3, -0.25) is 0 Å². The van der Waals surface area contributed by atoms with E-state index in [0.29, 0.717) is 5.41 Å². The first kappa shape index (κ1) is 16.0. The summed E-state index contributed by atoms with van der Waals surface area (Å²) in [5, 5.41) is 0. The fourth-order valence-corrected chi connectivity index (χ4v) is 3.10. The predicted octanol–water partition coefficient (Wildman–Crippen LogP) is 3.65. The highest BCUT2D eigenvalue weighted by Gasteiger charge is 2.29. The van der Waals surface area contributed by atoms with E-state index in [9.17, 15) is 0 Å². The van der Waals surface area contributed by atoms with Gasteiger partial charge in [-0.05, 0) is 56.5 Å². The van der Waals surface area contributed by atoms with Crippen LogP contribution in [-0.2, 0) is 0 Å². The molecule has 0 amide bonds. The van der Waals surface area contributed by atoms with E-state index >= 15 is 0 Å². The molecule has 2 heteroatoms. The fourth-order valence-electron chi connectivity index (χ4n) is 3.10. The Morgan fingerprint density at radius 1 is 1.06 bits per heavy atom. The summed E-state index contributed by atoms with van der Waals surface area (Å²) in [6.07, 6.45) is 6.24. The maximum Gasteiger partial charge on any atom is 0.0278 e. The molecular formula is C16H34N2. The molecule has 2 nitrogen and oxygen atoms in total. The highest BCUT2D eigenvalue weighted by atomic mass is 15.1. The van der Waals surface area contributed by atoms with Crippen LogP contribution in [0.4, 0.5) is 0 Å². The van der Waals surface area contributed by atoms with Crippen molar-refractivity contribution in [3.63, 3.8) is 0 Å². The topological polar surface area (TPSA) is 29.3 Å². The van der Waals surface area contributed by atoms with E-state index in [1.807, 2.05) is 0 Å². The van der Waals surface area contributed by atoms with Gasteiger partial charge in [0.05, 0.1) is 0 Å². The first-order valence-electron chi connectivity index (χ1n) is 7.82. The van der Waals surface area contributed by atoms with Crippen molar-refractivity contribution in [1.29, 1.82) is 0 Å². The Labute approximate surface area is 114 Å². The molecule has 108 valence electrons. The summed E-state index contributed by atoms with van der Waals surface area (Å²) < 4.78 is 0. The molecule has 0 aromatic carbocycles. The molecule has 1 unspecified atom stereocenters. The van der Waals surface area contributed by atoms with E-state index in [1.165, 1.54) is 32.4 Å². The van der Waals surface area contributed by atoms with Gasteiger partial charge in [-0.15, -0.1) is 0 Å². The van der Waals surface area contributed by atoms with Crippen LogP contribution in [0.2, 0.25) is 0 Å². The lowest BCUT2D eigenvalue weighted by molar-refractivity contribution is 0.185. The molecule has 1 atom stereocenters. The minimum Gasteiger partial charge on any atom is -0.324 e.